The number of halogens is 2. The van der Waals surface area contributed by atoms with E-state index in [1.54, 1.807) is 17.0 Å². The van der Waals surface area contributed by atoms with Crippen LogP contribution in [0.4, 0.5) is 0 Å². The molecule has 7 heteroatoms. The van der Waals surface area contributed by atoms with Gasteiger partial charge in [-0.1, -0.05) is 94.8 Å². The molecule has 0 aromatic heterocycles. The van der Waals surface area contributed by atoms with Crippen LogP contribution in [-0.4, -0.2) is 35.9 Å². The van der Waals surface area contributed by atoms with Gasteiger partial charge in [-0.25, -0.2) is 0 Å². The summed E-state index contributed by atoms with van der Waals surface area (Å²) < 4.78 is 6.77. The molecule has 3 rings (SSSR count). The van der Waals surface area contributed by atoms with Gasteiger partial charge in [0, 0.05) is 24.5 Å². The number of rotatable bonds is 11. The molecule has 0 heterocycles. The van der Waals surface area contributed by atoms with E-state index in [4.69, 9.17) is 16.3 Å². The van der Waals surface area contributed by atoms with E-state index < -0.39 is 6.04 Å². The van der Waals surface area contributed by atoms with Gasteiger partial charge in [0.15, 0.2) is 6.61 Å². The number of carbonyl (C=O) groups is 2. The summed E-state index contributed by atoms with van der Waals surface area (Å²) in [6.45, 7) is 11.1. The number of hydrogen-bond donors (Lipinski definition) is 1. The highest BCUT2D eigenvalue weighted by Crippen LogP contribution is 2.31. The lowest BCUT2D eigenvalue weighted by Crippen LogP contribution is -2.52. The van der Waals surface area contributed by atoms with Gasteiger partial charge in [0.05, 0.1) is 4.47 Å². The SMILES string of the molecule is CC(C)CNC(=O)[C@@H](Cc1ccccc1)N(Cc1ccc(Cl)cc1)C(=O)COc1ccc(C(C)(C)C)cc1Br. The minimum atomic E-state index is -0.718. The molecule has 2 amide bonds. The Morgan fingerprint density at radius 3 is 2.23 bits per heavy atom. The van der Waals surface area contributed by atoms with E-state index in [1.807, 2.05) is 74.5 Å². The van der Waals surface area contributed by atoms with Crippen molar-refractivity contribution in [2.24, 2.45) is 5.92 Å². The number of carbonyl (C=O) groups excluding carboxylic acids is 2. The lowest BCUT2D eigenvalue weighted by molar-refractivity contribution is -0.142. The van der Waals surface area contributed by atoms with Crippen molar-refractivity contribution >= 4 is 39.3 Å². The van der Waals surface area contributed by atoms with Crippen molar-refractivity contribution in [2.45, 2.75) is 59.0 Å². The molecule has 3 aromatic carbocycles. The molecule has 5 nitrogen and oxygen atoms in total. The average Bonchev–Trinajstić information content (AvgIpc) is 2.89. The normalized spacial score (nSPS) is 12.2. The quantitative estimate of drug-likeness (QED) is 0.249. The first-order valence-corrected chi connectivity index (χ1v) is 14.4. The van der Waals surface area contributed by atoms with Crippen molar-refractivity contribution in [1.82, 2.24) is 10.2 Å². The Hall–Kier alpha value is -2.83. The highest BCUT2D eigenvalue weighted by molar-refractivity contribution is 9.10. The molecule has 0 fully saturated rings. The molecule has 0 saturated heterocycles. The smallest absolute Gasteiger partial charge is 0.261 e. The first-order valence-electron chi connectivity index (χ1n) is 13.2. The van der Waals surface area contributed by atoms with Crippen LogP contribution < -0.4 is 10.1 Å². The van der Waals surface area contributed by atoms with Crippen molar-refractivity contribution < 1.29 is 14.3 Å². The van der Waals surface area contributed by atoms with Gasteiger partial charge < -0.3 is 15.0 Å². The van der Waals surface area contributed by atoms with Crippen molar-refractivity contribution in [3.63, 3.8) is 0 Å². The molecule has 0 saturated carbocycles. The predicted octanol–water partition coefficient (Wildman–Crippen LogP) is 7.19. The summed E-state index contributed by atoms with van der Waals surface area (Å²) in [5, 5.41) is 3.64. The Kier molecular flexibility index (Phi) is 11.0. The largest absolute Gasteiger partial charge is 0.483 e. The second-order valence-electron chi connectivity index (χ2n) is 11.2. The van der Waals surface area contributed by atoms with Crippen LogP contribution in [0, 0.1) is 5.92 Å². The lowest BCUT2D eigenvalue weighted by Gasteiger charge is -2.32. The average molecular weight is 614 g/mol. The maximum absolute atomic E-state index is 13.8. The lowest BCUT2D eigenvalue weighted by atomic mass is 9.87. The standard InChI is InChI=1S/C32H38BrClN2O3/c1-22(2)19-35-31(38)28(17-23-9-7-6-8-10-23)36(20-24-11-14-26(34)15-12-24)30(37)21-39-29-16-13-25(18-27(29)33)32(3,4)5/h6-16,18,22,28H,17,19-21H2,1-5H3,(H,35,38)/t28-/m1/s1. The third kappa shape index (κ3) is 9.40. The zero-order chi connectivity index (χ0) is 28.6. The molecule has 0 aliphatic carbocycles. The predicted molar refractivity (Wildman–Crippen MR) is 162 cm³/mol. The van der Waals surface area contributed by atoms with Crippen LogP contribution >= 0.6 is 27.5 Å². The number of ether oxygens (including phenoxy) is 1. The molecule has 0 unspecified atom stereocenters. The first-order chi connectivity index (χ1) is 18.4. The van der Waals surface area contributed by atoms with Crippen LogP contribution in [0.25, 0.3) is 0 Å². The second-order valence-corrected chi connectivity index (χ2v) is 12.5. The van der Waals surface area contributed by atoms with E-state index in [0.717, 1.165) is 21.2 Å². The molecule has 0 aliphatic rings. The molecular weight excluding hydrogens is 576 g/mol. The van der Waals surface area contributed by atoms with Crippen molar-refractivity contribution in [3.05, 3.63) is 99.0 Å². The summed E-state index contributed by atoms with van der Waals surface area (Å²) in [6.07, 6.45) is 0.383. The topological polar surface area (TPSA) is 58.6 Å². The summed E-state index contributed by atoms with van der Waals surface area (Å²) in [6, 6.07) is 22.2. The number of nitrogens with zero attached hydrogens (tertiary/aromatic N) is 1. The number of amides is 2. The minimum absolute atomic E-state index is 0.0136. The third-order valence-electron chi connectivity index (χ3n) is 6.37. The van der Waals surface area contributed by atoms with Gasteiger partial charge in [-0.3, -0.25) is 9.59 Å². The highest BCUT2D eigenvalue weighted by Gasteiger charge is 2.31. The molecule has 0 aliphatic heterocycles. The Labute approximate surface area is 246 Å². The Morgan fingerprint density at radius 2 is 1.64 bits per heavy atom. The van der Waals surface area contributed by atoms with Gasteiger partial charge >= 0.3 is 0 Å². The molecule has 1 N–H and O–H groups in total. The number of hydrogen-bond acceptors (Lipinski definition) is 3. The minimum Gasteiger partial charge on any atom is -0.483 e. The Morgan fingerprint density at radius 1 is 0.974 bits per heavy atom. The fourth-order valence-electron chi connectivity index (χ4n) is 4.07. The molecular formula is C32H38BrClN2O3. The van der Waals surface area contributed by atoms with Crippen LogP contribution in [-0.2, 0) is 28.0 Å². The summed E-state index contributed by atoms with van der Waals surface area (Å²) in [5.41, 5.74) is 2.98. The Balaban J connectivity index is 1.90. The second kappa shape index (κ2) is 14.0. The summed E-state index contributed by atoms with van der Waals surface area (Å²) in [7, 11) is 0. The molecule has 0 spiro atoms. The molecule has 39 heavy (non-hydrogen) atoms. The number of benzene rings is 3. The van der Waals surface area contributed by atoms with E-state index in [0.29, 0.717) is 23.7 Å². The van der Waals surface area contributed by atoms with Gasteiger partial charge in [-0.15, -0.1) is 0 Å². The Bertz CT molecular complexity index is 1240. The molecule has 208 valence electrons. The molecule has 3 aromatic rings. The number of nitrogens with one attached hydrogen (secondary N) is 1. The van der Waals surface area contributed by atoms with E-state index in [9.17, 15) is 9.59 Å². The molecule has 0 radical (unpaired) electrons. The van der Waals surface area contributed by atoms with Crippen molar-refractivity contribution in [1.29, 1.82) is 0 Å². The van der Waals surface area contributed by atoms with Gasteiger partial charge in [0.1, 0.15) is 11.8 Å². The molecule has 0 bridgehead atoms. The monoisotopic (exact) mass is 612 g/mol. The van der Waals surface area contributed by atoms with E-state index in [-0.39, 0.29) is 36.3 Å². The van der Waals surface area contributed by atoms with Gasteiger partial charge in [-0.2, -0.15) is 0 Å². The summed E-state index contributed by atoms with van der Waals surface area (Å²) in [4.78, 5) is 28.9. The van der Waals surface area contributed by atoms with Crippen LogP contribution in [0.1, 0.15) is 51.3 Å². The van der Waals surface area contributed by atoms with E-state index in [2.05, 4.69) is 42.0 Å². The fraction of sp³-hybridized carbons (Fsp3) is 0.375. The van der Waals surface area contributed by atoms with Crippen LogP contribution in [0.5, 0.6) is 5.75 Å². The van der Waals surface area contributed by atoms with Gasteiger partial charge in [-0.05, 0) is 68.2 Å². The van der Waals surface area contributed by atoms with Crippen molar-refractivity contribution in [2.75, 3.05) is 13.2 Å². The highest BCUT2D eigenvalue weighted by atomic mass is 79.9. The first kappa shape index (κ1) is 30.7. The maximum atomic E-state index is 13.8. The third-order valence-corrected chi connectivity index (χ3v) is 7.24. The van der Waals surface area contributed by atoms with Gasteiger partial charge in [0.2, 0.25) is 5.91 Å². The summed E-state index contributed by atoms with van der Waals surface area (Å²) >= 11 is 9.70. The van der Waals surface area contributed by atoms with Crippen LogP contribution in [0.3, 0.4) is 0 Å². The molecule has 1 atom stereocenters. The summed E-state index contributed by atoms with van der Waals surface area (Å²) in [5.74, 6) is 0.387. The zero-order valence-corrected chi connectivity index (χ0v) is 25.7. The van der Waals surface area contributed by atoms with E-state index >= 15 is 0 Å². The van der Waals surface area contributed by atoms with Crippen LogP contribution in [0.2, 0.25) is 5.02 Å². The van der Waals surface area contributed by atoms with Crippen molar-refractivity contribution in [3.8, 4) is 5.75 Å². The van der Waals surface area contributed by atoms with Gasteiger partial charge in [0.25, 0.3) is 5.91 Å². The van der Waals surface area contributed by atoms with E-state index in [1.165, 1.54) is 0 Å². The van der Waals surface area contributed by atoms with Crippen LogP contribution in [0.15, 0.2) is 77.3 Å². The maximum Gasteiger partial charge on any atom is 0.261 e. The zero-order valence-electron chi connectivity index (χ0n) is 23.3. The fourth-order valence-corrected chi connectivity index (χ4v) is 4.69.